The quantitative estimate of drug-likeness (QED) is 0.863. The van der Waals surface area contributed by atoms with Crippen LogP contribution in [0, 0.1) is 12.7 Å². The van der Waals surface area contributed by atoms with E-state index in [2.05, 4.69) is 5.32 Å². The Labute approximate surface area is 123 Å². The number of ether oxygens (including phenoxy) is 1. The SMILES string of the molecule is CCNCc1cc(Cl)ccc1Oc1cc(C)ccc1F. The van der Waals surface area contributed by atoms with Crippen LogP contribution < -0.4 is 10.1 Å². The van der Waals surface area contributed by atoms with Crippen molar-refractivity contribution < 1.29 is 9.13 Å². The summed E-state index contributed by atoms with van der Waals surface area (Å²) in [5.74, 6) is 0.463. The van der Waals surface area contributed by atoms with E-state index >= 15 is 0 Å². The van der Waals surface area contributed by atoms with Crippen molar-refractivity contribution in [2.75, 3.05) is 6.54 Å². The Morgan fingerprint density at radius 1 is 1.15 bits per heavy atom. The molecule has 0 heterocycles. The molecule has 2 rings (SSSR count). The molecule has 0 aliphatic heterocycles. The first-order valence-electron chi connectivity index (χ1n) is 6.53. The Bertz CT molecular complexity index is 601. The number of hydrogen-bond acceptors (Lipinski definition) is 2. The van der Waals surface area contributed by atoms with Gasteiger partial charge in [-0.3, -0.25) is 0 Å². The van der Waals surface area contributed by atoms with Gasteiger partial charge in [0, 0.05) is 17.1 Å². The standard InChI is InChI=1S/C16H17ClFNO/c1-3-19-10-12-9-13(17)5-7-15(12)20-16-8-11(2)4-6-14(16)18/h4-9,19H,3,10H2,1-2H3. The lowest BCUT2D eigenvalue weighted by Gasteiger charge is -2.13. The zero-order valence-corrected chi connectivity index (χ0v) is 12.3. The maximum absolute atomic E-state index is 13.8. The van der Waals surface area contributed by atoms with Gasteiger partial charge in [0.2, 0.25) is 0 Å². The van der Waals surface area contributed by atoms with E-state index in [1.54, 1.807) is 24.3 Å². The lowest BCUT2D eigenvalue weighted by atomic mass is 10.2. The molecular formula is C16H17ClFNO. The van der Waals surface area contributed by atoms with Gasteiger partial charge >= 0.3 is 0 Å². The number of benzene rings is 2. The highest BCUT2D eigenvalue weighted by atomic mass is 35.5. The van der Waals surface area contributed by atoms with Crippen molar-refractivity contribution in [3.8, 4) is 11.5 Å². The molecule has 0 saturated heterocycles. The van der Waals surface area contributed by atoms with Crippen LogP contribution in [-0.4, -0.2) is 6.54 Å². The lowest BCUT2D eigenvalue weighted by Crippen LogP contribution is -2.12. The average Bonchev–Trinajstić information content (AvgIpc) is 2.43. The van der Waals surface area contributed by atoms with Gasteiger partial charge in [-0.1, -0.05) is 24.6 Å². The van der Waals surface area contributed by atoms with Crippen LogP contribution >= 0.6 is 11.6 Å². The summed E-state index contributed by atoms with van der Waals surface area (Å²) in [6, 6.07) is 10.1. The molecule has 2 nitrogen and oxygen atoms in total. The number of hydrogen-bond donors (Lipinski definition) is 1. The van der Waals surface area contributed by atoms with Gasteiger partial charge in [0.05, 0.1) is 0 Å². The summed E-state index contributed by atoms with van der Waals surface area (Å²) in [6.07, 6.45) is 0. The van der Waals surface area contributed by atoms with Gasteiger partial charge in [0.1, 0.15) is 5.75 Å². The van der Waals surface area contributed by atoms with Crippen molar-refractivity contribution in [2.24, 2.45) is 0 Å². The molecule has 0 amide bonds. The van der Waals surface area contributed by atoms with Crippen LogP contribution in [-0.2, 0) is 6.54 Å². The van der Waals surface area contributed by atoms with Crippen LogP contribution in [0.2, 0.25) is 5.02 Å². The van der Waals surface area contributed by atoms with Crippen LogP contribution in [0.25, 0.3) is 0 Å². The lowest BCUT2D eigenvalue weighted by molar-refractivity contribution is 0.435. The fourth-order valence-electron chi connectivity index (χ4n) is 1.85. The zero-order chi connectivity index (χ0) is 14.5. The van der Waals surface area contributed by atoms with E-state index in [1.165, 1.54) is 6.07 Å². The molecule has 0 fully saturated rings. The Hall–Kier alpha value is -1.58. The first kappa shape index (κ1) is 14.8. The molecule has 0 spiro atoms. The molecule has 0 atom stereocenters. The van der Waals surface area contributed by atoms with Gasteiger partial charge in [0.15, 0.2) is 11.6 Å². The molecule has 0 saturated carbocycles. The number of halogens is 2. The predicted octanol–water partition coefficient (Wildman–Crippen LogP) is 4.69. The molecule has 0 radical (unpaired) electrons. The van der Waals surface area contributed by atoms with Crippen LogP contribution in [0.3, 0.4) is 0 Å². The van der Waals surface area contributed by atoms with E-state index in [0.29, 0.717) is 17.3 Å². The topological polar surface area (TPSA) is 21.3 Å². The maximum Gasteiger partial charge on any atom is 0.165 e. The first-order chi connectivity index (χ1) is 9.60. The predicted molar refractivity (Wildman–Crippen MR) is 80.0 cm³/mol. The van der Waals surface area contributed by atoms with Crippen molar-refractivity contribution in [1.29, 1.82) is 0 Å². The molecule has 2 aromatic rings. The molecule has 0 aliphatic rings. The first-order valence-corrected chi connectivity index (χ1v) is 6.91. The summed E-state index contributed by atoms with van der Waals surface area (Å²) in [5.41, 5.74) is 1.85. The highest BCUT2D eigenvalue weighted by Crippen LogP contribution is 2.30. The minimum atomic E-state index is -0.375. The van der Waals surface area contributed by atoms with Gasteiger partial charge in [0.25, 0.3) is 0 Å². The molecule has 4 heteroatoms. The highest BCUT2D eigenvalue weighted by Gasteiger charge is 2.09. The van der Waals surface area contributed by atoms with Crippen molar-refractivity contribution in [3.63, 3.8) is 0 Å². The fourth-order valence-corrected chi connectivity index (χ4v) is 2.05. The molecule has 1 N–H and O–H groups in total. The van der Waals surface area contributed by atoms with Crippen LogP contribution in [0.5, 0.6) is 11.5 Å². The van der Waals surface area contributed by atoms with E-state index < -0.39 is 0 Å². The third-order valence-corrected chi connectivity index (χ3v) is 3.13. The molecule has 0 bridgehead atoms. The monoisotopic (exact) mass is 293 g/mol. The summed E-state index contributed by atoms with van der Waals surface area (Å²) in [7, 11) is 0. The van der Waals surface area contributed by atoms with Gasteiger partial charge in [-0.15, -0.1) is 0 Å². The van der Waals surface area contributed by atoms with Crippen LogP contribution in [0.4, 0.5) is 4.39 Å². The Kier molecular flexibility index (Phi) is 4.99. The molecule has 20 heavy (non-hydrogen) atoms. The van der Waals surface area contributed by atoms with Crippen molar-refractivity contribution >= 4 is 11.6 Å². The Morgan fingerprint density at radius 3 is 2.70 bits per heavy atom. The fraction of sp³-hybridized carbons (Fsp3) is 0.250. The molecule has 0 aromatic heterocycles. The minimum absolute atomic E-state index is 0.227. The van der Waals surface area contributed by atoms with Crippen molar-refractivity contribution in [3.05, 3.63) is 58.4 Å². The largest absolute Gasteiger partial charge is 0.454 e. The van der Waals surface area contributed by atoms with Crippen molar-refractivity contribution in [2.45, 2.75) is 20.4 Å². The Balaban J connectivity index is 2.30. The van der Waals surface area contributed by atoms with Crippen molar-refractivity contribution in [1.82, 2.24) is 5.32 Å². The van der Waals surface area contributed by atoms with Gasteiger partial charge in [-0.2, -0.15) is 0 Å². The van der Waals surface area contributed by atoms with E-state index in [1.807, 2.05) is 19.9 Å². The van der Waals surface area contributed by atoms with E-state index in [4.69, 9.17) is 16.3 Å². The number of rotatable bonds is 5. The average molecular weight is 294 g/mol. The summed E-state index contributed by atoms with van der Waals surface area (Å²) in [4.78, 5) is 0. The van der Waals surface area contributed by atoms with Crippen LogP contribution in [0.1, 0.15) is 18.1 Å². The van der Waals surface area contributed by atoms with E-state index in [0.717, 1.165) is 17.7 Å². The second-order valence-electron chi connectivity index (χ2n) is 4.57. The molecule has 106 valence electrons. The molecular weight excluding hydrogens is 277 g/mol. The normalized spacial score (nSPS) is 10.6. The van der Waals surface area contributed by atoms with Gasteiger partial charge in [-0.25, -0.2) is 4.39 Å². The third-order valence-electron chi connectivity index (χ3n) is 2.89. The summed E-state index contributed by atoms with van der Waals surface area (Å²) in [6.45, 7) is 5.38. The zero-order valence-electron chi connectivity index (χ0n) is 11.5. The smallest absolute Gasteiger partial charge is 0.165 e. The highest BCUT2D eigenvalue weighted by molar-refractivity contribution is 6.30. The second-order valence-corrected chi connectivity index (χ2v) is 5.00. The molecule has 2 aromatic carbocycles. The number of nitrogens with one attached hydrogen (secondary N) is 1. The minimum Gasteiger partial charge on any atom is -0.454 e. The molecule has 0 unspecified atom stereocenters. The summed E-state index contributed by atoms with van der Waals surface area (Å²) < 4.78 is 19.5. The van der Waals surface area contributed by atoms with Gasteiger partial charge < -0.3 is 10.1 Å². The third kappa shape index (κ3) is 3.71. The second kappa shape index (κ2) is 6.73. The Morgan fingerprint density at radius 2 is 1.95 bits per heavy atom. The molecule has 0 aliphatic carbocycles. The van der Waals surface area contributed by atoms with E-state index in [9.17, 15) is 4.39 Å². The maximum atomic E-state index is 13.8. The van der Waals surface area contributed by atoms with Gasteiger partial charge in [-0.05, 0) is 49.4 Å². The summed E-state index contributed by atoms with van der Waals surface area (Å²) >= 11 is 6.00. The number of aryl methyl sites for hydroxylation is 1. The summed E-state index contributed by atoms with van der Waals surface area (Å²) in [5, 5.41) is 3.85. The van der Waals surface area contributed by atoms with E-state index in [-0.39, 0.29) is 11.6 Å². The van der Waals surface area contributed by atoms with Crippen LogP contribution in [0.15, 0.2) is 36.4 Å².